The van der Waals surface area contributed by atoms with Crippen LogP contribution in [0.15, 0.2) is 41.0 Å². The Morgan fingerprint density at radius 1 is 1.24 bits per heavy atom. The lowest BCUT2D eigenvalue weighted by Crippen LogP contribution is -2.48. The number of oxazole rings is 1. The summed E-state index contributed by atoms with van der Waals surface area (Å²) in [5.41, 5.74) is 1.59. The summed E-state index contributed by atoms with van der Waals surface area (Å²) in [5.74, 6) is 1.81. The van der Waals surface area contributed by atoms with Crippen molar-refractivity contribution in [3.63, 3.8) is 0 Å². The van der Waals surface area contributed by atoms with Gasteiger partial charge in [0, 0.05) is 24.1 Å². The molecule has 2 aliphatic rings. The third-order valence-corrected chi connectivity index (χ3v) is 5.60. The molecule has 0 aliphatic heterocycles. The van der Waals surface area contributed by atoms with Gasteiger partial charge in [0.25, 0.3) is 0 Å². The van der Waals surface area contributed by atoms with E-state index >= 15 is 0 Å². The van der Waals surface area contributed by atoms with Gasteiger partial charge in [-0.05, 0) is 43.2 Å². The highest BCUT2D eigenvalue weighted by molar-refractivity contribution is 5.74. The van der Waals surface area contributed by atoms with Gasteiger partial charge in [0.1, 0.15) is 6.26 Å². The Morgan fingerprint density at radius 2 is 2.04 bits per heavy atom. The second-order valence-electron chi connectivity index (χ2n) is 7.04. The Kier molecular flexibility index (Phi) is 4.44. The van der Waals surface area contributed by atoms with Gasteiger partial charge in [-0.3, -0.25) is 0 Å². The molecule has 0 saturated heterocycles. The van der Waals surface area contributed by atoms with E-state index in [1.54, 1.807) is 6.26 Å². The number of amides is 2. The number of benzene rings is 1. The highest BCUT2D eigenvalue weighted by Crippen LogP contribution is 2.48. The molecule has 2 amide bonds. The average molecular weight is 341 g/mol. The van der Waals surface area contributed by atoms with E-state index in [2.05, 4.69) is 15.6 Å². The van der Waals surface area contributed by atoms with Crippen LogP contribution in [0.4, 0.5) is 4.79 Å². The number of urea groups is 1. The number of nitrogens with zero attached hydrogens (tertiary/aromatic N) is 1. The molecule has 3 N–H and O–H groups in total. The van der Waals surface area contributed by atoms with Crippen molar-refractivity contribution < 1.29 is 14.3 Å². The number of aliphatic hydroxyl groups excluding tert-OH is 1. The van der Waals surface area contributed by atoms with Crippen LogP contribution in [0.3, 0.4) is 0 Å². The van der Waals surface area contributed by atoms with Gasteiger partial charge in [0.2, 0.25) is 5.89 Å². The van der Waals surface area contributed by atoms with E-state index in [4.69, 9.17) is 4.42 Å². The summed E-state index contributed by atoms with van der Waals surface area (Å²) in [6.45, 7) is 0.461. The van der Waals surface area contributed by atoms with Gasteiger partial charge in [0.15, 0.2) is 0 Å². The molecule has 2 aromatic rings. The molecule has 6 heteroatoms. The van der Waals surface area contributed by atoms with Gasteiger partial charge in [-0.25, -0.2) is 9.78 Å². The zero-order chi connectivity index (χ0) is 17.2. The highest BCUT2D eigenvalue weighted by atomic mass is 16.3. The van der Waals surface area contributed by atoms with E-state index in [9.17, 15) is 9.90 Å². The summed E-state index contributed by atoms with van der Waals surface area (Å²) in [6, 6.07) is 9.53. The standard InChI is InChI=1S/C19H23N3O3/c23-10-16-13-6-7-14(8-13)17(16)22-19(24)20-9-15-11-25-18(21-15)12-4-2-1-3-5-12/h1-5,11,13-14,16-17,23H,6-10H2,(H2,20,22,24). The molecule has 1 aromatic carbocycles. The molecule has 132 valence electrons. The van der Waals surface area contributed by atoms with Crippen molar-refractivity contribution in [2.24, 2.45) is 17.8 Å². The average Bonchev–Trinajstić information content (AvgIpc) is 3.37. The molecule has 1 heterocycles. The Balaban J connectivity index is 1.31. The Labute approximate surface area is 146 Å². The van der Waals surface area contributed by atoms with E-state index in [0.717, 1.165) is 18.4 Å². The summed E-state index contributed by atoms with van der Waals surface area (Å²) in [7, 11) is 0. The molecule has 0 spiro atoms. The minimum absolute atomic E-state index is 0.0842. The maximum atomic E-state index is 12.2. The van der Waals surface area contributed by atoms with Crippen molar-refractivity contribution in [1.82, 2.24) is 15.6 Å². The molecule has 4 atom stereocenters. The molecule has 25 heavy (non-hydrogen) atoms. The molecule has 2 aliphatic carbocycles. The third-order valence-electron chi connectivity index (χ3n) is 5.60. The van der Waals surface area contributed by atoms with Crippen molar-refractivity contribution >= 4 is 6.03 Å². The normalized spacial score (nSPS) is 27.4. The van der Waals surface area contributed by atoms with E-state index < -0.39 is 0 Å². The number of rotatable bonds is 5. The SMILES string of the molecule is O=C(NCc1coc(-c2ccccc2)n1)NC1C2CCC(C2)C1CO. The van der Waals surface area contributed by atoms with E-state index in [1.807, 2.05) is 30.3 Å². The second kappa shape index (κ2) is 6.88. The van der Waals surface area contributed by atoms with Gasteiger partial charge < -0.3 is 20.2 Å². The quantitative estimate of drug-likeness (QED) is 0.780. The number of aromatic nitrogens is 1. The zero-order valence-electron chi connectivity index (χ0n) is 14.0. The van der Waals surface area contributed by atoms with Crippen LogP contribution < -0.4 is 10.6 Å². The maximum absolute atomic E-state index is 12.2. The number of nitrogens with one attached hydrogen (secondary N) is 2. The second-order valence-corrected chi connectivity index (χ2v) is 7.04. The number of aliphatic hydroxyl groups is 1. The van der Waals surface area contributed by atoms with E-state index in [-0.39, 0.29) is 24.6 Å². The fourth-order valence-electron chi connectivity index (χ4n) is 4.37. The molecule has 1 aromatic heterocycles. The highest BCUT2D eigenvalue weighted by Gasteiger charge is 2.47. The monoisotopic (exact) mass is 341 g/mol. The number of carbonyl (C=O) groups excluding carboxylic acids is 1. The van der Waals surface area contributed by atoms with Gasteiger partial charge in [-0.1, -0.05) is 18.2 Å². The molecule has 0 radical (unpaired) electrons. The van der Waals surface area contributed by atoms with Crippen LogP contribution in [-0.4, -0.2) is 28.8 Å². The summed E-state index contributed by atoms with van der Waals surface area (Å²) in [4.78, 5) is 16.6. The fraction of sp³-hybridized carbons (Fsp3) is 0.474. The number of hydrogen-bond donors (Lipinski definition) is 3. The topological polar surface area (TPSA) is 87.4 Å². The van der Waals surface area contributed by atoms with Crippen molar-refractivity contribution in [1.29, 1.82) is 0 Å². The summed E-state index contributed by atoms with van der Waals surface area (Å²) in [5, 5.41) is 15.5. The third kappa shape index (κ3) is 3.26. The van der Waals surface area contributed by atoms with Gasteiger partial charge in [-0.15, -0.1) is 0 Å². The maximum Gasteiger partial charge on any atom is 0.315 e. The van der Waals surface area contributed by atoms with Crippen molar-refractivity contribution in [2.45, 2.75) is 31.8 Å². The van der Waals surface area contributed by atoms with Gasteiger partial charge in [-0.2, -0.15) is 0 Å². The molecule has 6 nitrogen and oxygen atoms in total. The lowest BCUT2D eigenvalue weighted by atomic mass is 9.85. The lowest BCUT2D eigenvalue weighted by Gasteiger charge is -2.30. The van der Waals surface area contributed by atoms with E-state index in [1.165, 1.54) is 6.42 Å². The molecular formula is C19H23N3O3. The Hall–Kier alpha value is -2.34. The van der Waals surface area contributed by atoms with Crippen molar-refractivity contribution in [2.75, 3.05) is 6.61 Å². The number of hydrogen-bond acceptors (Lipinski definition) is 4. The smallest absolute Gasteiger partial charge is 0.315 e. The van der Waals surface area contributed by atoms with Crippen LogP contribution in [0.25, 0.3) is 11.5 Å². The predicted molar refractivity (Wildman–Crippen MR) is 92.5 cm³/mol. The first-order chi connectivity index (χ1) is 12.2. The minimum Gasteiger partial charge on any atom is -0.444 e. The summed E-state index contributed by atoms with van der Waals surface area (Å²) in [6.07, 6.45) is 5.02. The van der Waals surface area contributed by atoms with E-state index in [0.29, 0.717) is 30.0 Å². The Morgan fingerprint density at radius 3 is 2.84 bits per heavy atom. The van der Waals surface area contributed by atoms with Crippen LogP contribution >= 0.6 is 0 Å². The van der Waals surface area contributed by atoms with Crippen LogP contribution in [0.5, 0.6) is 0 Å². The number of fused-ring (bicyclic) bond motifs is 2. The summed E-state index contributed by atoms with van der Waals surface area (Å²) < 4.78 is 5.48. The Bertz CT molecular complexity index is 731. The molecule has 2 fully saturated rings. The van der Waals surface area contributed by atoms with Gasteiger partial charge in [0.05, 0.1) is 12.2 Å². The van der Waals surface area contributed by atoms with Crippen molar-refractivity contribution in [3.8, 4) is 11.5 Å². The lowest BCUT2D eigenvalue weighted by molar-refractivity contribution is 0.144. The minimum atomic E-state index is -0.208. The van der Waals surface area contributed by atoms with Crippen LogP contribution in [0.2, 0.25) is 0 Å². The fourth-order valence-corrected chi connectivity index (χ4v) is 4.37. The van der Waals surface area contributed by atoms with Crippen molar-refractivity contribution in [3.05, 3.63) is 42.3 Å². The molecule has 2 bridgehead atoms. The largest absolute Gasteiger partial charge is 0.444 e. The van der Waals surface area contributed by atoms with Crippen LogP contribution in [0.1, 0.15) is 25.0 Å². The first-order valence-electron chi connectivity index (χ1n) is 8.89. The number of carbonyl (C=O) groups is 1. The summed E-state index contributed by atoms with van der Waals surface area (Å²) >= 11 is 0. The zero-order valence-corrected chi connectivity index (χ0v) is 14.0. The molecule has 4 unspecified atom stereocenters. The predicted octanol–water partition coefficient (Wildman–Crippen LogP) is 2.55. The van der Waals surface area contributed by atoms with Crippen LogP contribution in [-0.2, 0) is 6.54 Å². The molecule has 4 rings (SSSR count). The van der Waals surface area contributed by atoms with Gasteiger partial charge >= 0.3 is 6.03 Å². The molecule has 2 saturated carbocycles. The van der Waals surface area contributed by atoms with Crippen LogP contribution in [0, 0.1) is 17.8 Å². The first kappa shape index (κ1) is 16.1. The molecular weight excluding hydrogens is 318 g/mol. The first-order valence-corrected chi connectivity index (χ1v) is 8.89.